The molecule has 0 fully saturated rings. The fraction of sp³-hybridized carbons (Fsp3) is 0.476. The van der Waals surface area contributed by atoms with Crippen molar-refractivity contribution >= 4 is 44.7 Å². The predicted molar refractivity (Wildman–Crippen MR) is 502 cm³/mol. The number of aryl methyl sites for hydroxylation is 1. The molecule has 0 bridgehead atoms. The van der Waals surface area contributed by atoms with E-state index in [0.29, 0.717) is 45.7 Å². The van der Waals surface area contributed by atoms with Crippen LogP contribution in [-0.4, -0.2) is 75.6 Å². The van der Waals surface area contributed by atoms with Gasteiger partial charge in [0.05, 0.1) is 6.54 Å². The molecule has 0 spiro atoms. The molecule has 6 N–H and O–H groups in total. The summed E-state index contributed by atoms with van der Waals surface area (Å²) in [6.45, 7) is 71.8. The van der Waals surface area contributed by atoms with Gasteiger partial charge in [0.2, 0.25) is 0 Å². The summed E-state index contributed by atoms with van der Waals surface area (Å²) >= 11 is 6.05. The molecule has 12 rings (SSSR count). The van der Waals surface area contributed by atoms with Crippen molar-refractivity contribution in [3.63, 3.8) is 0 Å². The number of benzene rings is 9. The van der Waals surface area contributed by atoms with Crippen LogP contribution in [0.25, 0.3) is 44.5 Å². The number of hydrogen-bond acceptors (Lipinski definition) is 12. The number of fused-ring (bicyclic) bond motifs is 3. The molecule has 119 heavy (non-hydrogen) atoms. The first-order chi connectivity index (χ1) is 53.3. The lowest BCUT2D eigenvalue weighted by Gasteiger charge is -2.33. The van der Waals surface area contributed by atoms with E-state index in [4.69, 9.17) is 11.6 Å². The number of phenolic OH excluding ortho intramolecular Hbond substituents is 6. The van der Waals surface area contributed by atoms with Crippen molar-refractivity contribution in [1.29, 1.82) is 0 Å². The molecule has 0 aliphatic rings. The Morgan fingerprint density at radius 2 is 0.630 bits per heavy atom. The van der Waals surface area contributed by atoms with Crippen LogP contribution in [-0.2, 0) is 67.1 Å². The van der Waals surface area contributed by atoms with Crippen LogP contribution in [0.3, 0.4) is 0 Å². The number of phenols is 6. The van der Waals surface area contributed by atoms with Crippen molar-refractivity contribution in [3.05, 3.63) is 235 Å². The first-order valence-corrected chi connectivity index (χ1v) is 41.5. The quantitative estimate of drug-likeness (QED) is 0.0838. The van der Waals surface area contributed by atoms with Gasteiger partial charge in [0.1, 0.15) is 79.0 Å². The molecule has 0 aliphatic heterocycles. The molecule has 644 valence electrons. The zero-order valence-corrected chi connectivity index (χ0v) is 77.4. The fourth-order valence-electron chi connectivity index (χ4n) is 14.5. The topological polar surface area (TPSA) is 214 Å². The molecular weight excluding hydrogens is 1490 g/mol. The highest BCUT2D eigenvalue weighted by Gasteiger charge is 2.34. The van der Waals surface area contributed by atoms with E-state index < -0.39 is 0 Å². The third-order valence-corrected chi connectivity index (χ3v) is 21.2. The van der Waals surface area contributed by atoms with E-state index in [2.05, 4.69) is 301 Å². The number of aromatic hydroxyl groups is 6. The van der Waals surface area contributed by atoms with E-state index in [-0.39, 0.29) is 91.7 Å². The van der Waals surface area contributed by atoms with E-state index in [1.54, 1.807) is 29.1 Å². The number of rotatable bonds is 8. The summed E-state index contributed by atoms with van der Waals surface area (Å²) in [7, 11) is 0. The van der Waals surface area contributed by atoms with Gasteiger partial charge >= 0.3 is 0 Å². The van der Waals surface area contributed by atoms with Crippen LogP contribution in [0.2, 0.25) is 5.02 Å². The molecule has 0 aliphatic carbocycles. The Morgan fingerprint density at radius 3 is 1.00 bits per heavy atom. The second-order valence-corrected chi connectivity index (χ2v) is 43.5. The van der Waals surface area contributed by atoms with E-state index in [0.717, 1.165) is 96.1 Å². The normalized spacial score (nSPS) is 12.6. The summed E-state index contributed by atoms with van der Waals surface area (Å²) in [6, 6.07) is 49.1. The summed E-state index contributed by atoms with van der Waals surface area (Å²) in [5.41, 5.74) is 20.2. The van der Waals surface area contributed by atoms with Crippen LogP contribution in [0, 0.1) is 12.3 Å². The average Bonchev–Trinajstić information content (AvgIpc) is 1.03. The van der Waals surface area contributed by atoms with Crippen LogP contribution in [0.1, 0.15) is 321 Å². The van der Waals surface area contributed by atoms with Gasteiger partial charge < -0.3 is 30.6 Å². The molecule has 0 unspecified atom stereocenters. The SMILES string of the molecule is C.C.CC(C)(C)CC(C)(C)c1ccc(O)c(Cn2nc3ccccc3n2)c1.CC(C)(C)c1cc(-n2nc3ccc(Cl)cc3n2)c(O)c(C(C)(C)C)c1.CC(C)(C)c1cc(C(C)(C)C)c(O)c(C(C)(C)C)c1.CC(C)(C)c1cc(Cc2cc(C(C)(C)C)c(O)c(C(C)(C)C)c2)cc(C(C)(C)C)c1O.Cc1ccc(O)c(-n2nc3ccccc3n2)c1. The van der Waals surface area contributed by atoms with Crippen LogP contribution in [0.4, 0.5) is 0 Å². The molecular formula is C103H144ClN9O6. The smallest absolute Gasteiger partial charge is 0.146 e. The molecule has 15 nitrogen and oxygen atoms in total. The molecule has 12 aromatic rings. The summed E-state index contributed by atoms with van der Waals surface area (Å²) in [5.74, 6) is 1.98. The van der Waals surface area contributed by atoms with E-state index in [1.165, 1.54) is 31.8 Å². The van der Waals surface area contributed by atoms with Crippen LogP contribution in [0.5, 0.6) is 34.5 Å². The minimum atomic E-state index is -0.198. The van der Waals surface area contributed by atoms with Gasteiger partial charge in [0.15, 0.2) is 0 Å². The predicted octanol–water partition coefficient (Wildman–Crippen LogP) is 27.1. The number of aromatic nitrogens is 9. The van der Waals surface area contributed by atoms with Gasteiger partial charge in [-0.25, -0.2) is 0 Å². The first kappa shape index (κ1) is 98.1. The van der Waals surface area contributed by atoms with Crippen LogP contribution < -0.4 is 0 Å². The maximum atomic E-state index is 11.1. The minimum absolute atomic E-state index is 0. The molecule has 3 heterocycles. The highest BCUT2D eigenvalue weighted by molar-refractivity contribution is 6.31. The Kier molecular flexibility index (Phi) is 29.6. The second kappa shape index (κ2) is 35.9. The van der Waals surface area contributed by atoms with Gasteiger partial charge in [-0.2, -0.15) is 15.0 Å². The lowest BCUT2D eigenvalue weighted by molar-refractivity contribution is 0.284. The van der Waals surface area contributed by atoms with Crippen LogP contribution in [0.15, 0.2) is 152 Å². The molecule has 0 amide bonds. The summed E-state index contributed by atoms with van der Waals surface area (Å²) in [4.78, 5) is 4.62. The Hall–Kier alpha value is -9.73. The maximum absolute atomic E-state index is 11.1. The largest absolute Gasteiger partial charge is 0.508 e. The van der Waals surface area contributed by atoms with Crippen molar-refractivity contribution in [2.45, 2.75) is 317 Å². The summed E-state index contributed by atoms with van der Waals surface area (Å²) < 4.78 is 0. The third-order valence-electron chi connectivity index (χ3n) is 21.0. The number of hydrogen-bond donors (Lipinski definition) is 6. The van der Waals surface area contributed by atoms with Crippen molar-refractivity contribution in [3.8, 4) is 45.9 Å². The maximum Gasteiger partial charge on any atom is 0.146 e. The zero-order valence-electron chi connectivity index (χ0n) is 76.6. The van der Waals surface area contributed by atoms with Gasteiger partial charge in [0.25, 0.3) is 0 Å². The van der Waals surface area contributed by atoms with Crippen molar-refractivity contribution in [2.24, 2.45) is 5.41 Å². The molecule has 0 saturated heterocycles. The second-order valence-electron chi connectivity index (χ2n) is 43.1. The Balaban J connectivity index is 0.000000233. The van der Waals surface area contributed by atoms with E-state index in [9.17, 15) is 30.6 Å². The lowest BCUT2D eigenvalue weighted by Crippen LogP contribution is -2.25. The Bertz CT molecular complexity index is 5260. The Morgan fingerprint density at radius 1 is 0.303 bits per heavy atom. The fourth-order valence-corrected chi connectivity index (χ4v) is 14.7. The van der Waals surface area contributed by atoms with Crippen molar-refractivity contribution in [2.75, 3.05) is 0 Å². The first-order valence-electron chi connectivity index (χ1n) is 41.1. The van der Waals surface area contributed by atoms with Gasteiger partial charge in [-0.3, -0.25) is 0 Å². The molecule has 3 aromatic heterocycles. The Labute approximate surface area is 718 Å². The molecule has 0 saturated carbocycles. The van der Waals surface area contributed by atoms with E-state index >= 15 is 0 Å². The molecule has 0 radical (unpaired) electrons. The van der Waals surface area contributed by atoms with Crippen LogP contribution >= 0.6 is 11.6 Å². The highest BCUT2D eigenvalue weighted by Crippen LogP contribution is 2.47. The average molecular weight is 1640 g/mol. The molecule has 0 atom stereocenters. The minimum Gasteiger partial charge on any atom is -0.508 e. The summed E-state index contributed by atoms with van der Waals surface area (Å²) in [5, 5.41) is 91.1. The van der Waals surface area contributed by atoms with Gasteiger partial charge in [-0.05, 0) is 219 Å². The van der Waals surface area contributed by atoms with Gasteiger partial charge in [-0.1, -0.05) is 327 Å². The third kappa shape index (κ3) is 25.0. The van der Waals surface area contributed by atoms with Crippen molar-refractivity contribution < 1.29 is 30.6 Å². The van der Waals surface area contributed by atoms with E-state index in [1.807, 2.05) is 85.8 Å². The van der Waals surface area contributed by atoms with Gasteiger partial charge in [0, 0.05) is 16.1 Å². The monoisotopic (exact) mass is 1640 g/mol. The number of halogens is 1. The molecule has 9 aromatic carbocycles. The standard InChI is InChI=1S/C29H44O2.C21H27N3O.C20H24ClN3O.C18H30O.C13H11N3O.2CH4/c1-26(2,3)20-14-18(15-21(24(20)30)27(4,5)6)13-19-16-22(28(7,8)9)25(31)23(17-19)29(10,11)12;1-20(2,3)14-21(4,5)16-10-11-19(25)15(12-16)13-24-22-17-8-6-7-9-18(17)23-24;1-19(2,3)12-9-14(20(4,5)6)18(25)17(10-12)24-22-15-8-7-13(21)11-16(15)23-24;1-16(2,3)12-10-13(17(4,5)6)15(19)14(11-12)18(7,8)9;1-9-6-7-13(17)12(8-9)16-14-10-4-2-3-5-11(10)15-16;;/h14-17,30-31H,13H2,1-12H3;6-12,25H,13-14H2,1-5H3;7-11,25H,1-6H3;10-11,19H,1-9H3;2-8,17H,1H3;2*1H4. The zero-order chi connectivity index (χ0) is 88.0. The molecule has 16 heteroatoms. The summed E-state index contributed by atoms with van der Waals surface area (Å²) in [6.07, 6.45) is 1.83. The lowest BCUT2D eigenvalue weighted by atomic mass is 9.72. The number of nitrogens with zero attached hydrogens (tertiary/aromatic N) is 9. The van der Waals surface area contributed by atoms with Crippen molar-refractivity contribution in [1.82, 2.24) is 45.0 Å². The highest BCUT2D eigenvalue weighted by atomic mass is 35.5. The van der Waals surface area contributed by atoms with Gasteiger partial charge in [-0.15, -0.1) is 30.0 Å².